The highest BCUT2D eigenvalue weighted by Crippen LogP contribution is 2.46. The second-order valence-corrected chi connectivity index (χ2v) is 8.81. The van der Waals surface area contributed by atoms with Gasteiger partial charge in [-0.15, -0.1) is 0 Å². The number of hydrogen-bond acceptors (Lipinski definition) is 10. The van der Waals surface area contributed by atoms with Gasteiger partial charge in [-0.05, 0) is 30.3 Å². The molecule has 3 aromatic carbocycles. The van der Waals surface area contributed by atoms with Crippen LogP contribution in [0.5, 0.6) is 40.2 Å². The Morgan fingerprint density at radius 2 is 1.63 bits per heavy atom. The number of benzene rings is 3. The van der Waals surface area contributed by atoms with Gasteiger partial charge < -0.3 is 39.5 Å². The SMILES string of the molecule is O=C(O[C@@H]1Cc2c(O)cc(O)cc2O[C@@H]1c1cc(O)c(O)c(O)c1)c1cccc(OP(=O)(O)O)c1. The standard InChI is InChI=1S/C22H19O12P/c23-12-7-15(24)14-9-19(33-22(28)10-2-1-3-13(4-10)34-35(29,30)31)21(32-18(14)8-12)11-5-16(25)20(27)17(26)6-11/h1-8,19,21,23-27H,9H2,(H2,29,30,31)/t19-,21-/m1/s1. The second kappa shape index (κ2) is 8.91. The average Bonchev–Trinajstić information content (AvgIpc) is 2.76. The minimum Gasteiger partial charge on any atom is -0.508 e. The third-order valence-corrected chi connectivity index (χ3v) is 5.59. The van der Waals surface area contributed by atoms with E-state index in [1.807, 2.05) is 0 Å². The maximum absolute atomic E-state index is 12.9. The summed E-state index contributed by atoms with van der Waals surface area (Å²) in [6, 6.07) is 9.38. The van der Waals surface area contributed by atoms with Gasteiger partial charge in [-0.1, -0.05) is 6.07 Å². The number of phosphoric acid groups is 1. The largest absolute Gasteiger partial charge is 0.524 e. The molecule has 12 nitrogen and oxygen atoms in total. The Morgan fingerprint density at radius 1 is 0.943 bits per heavy atom. The van der Waals surface area contributed by atoms with Crippen LogP contribution in [0.3, 0.4) is 0 Å². The van der Waals surface area contributed by atoms with Gasteiger partial charge in [-0.2, -0.15) is 0 Å². The van der Waals surface area contributed by atoms with E-state index in [4.69, 9.17) is 19.3 Å². The monoisotopic (exact) mass is 506 g/mol. The molecule has 0 saturated carbocycles. The molecule has 1 heterocycles. The van der Waals surface area contributed by atoms with Gasteiger partial charge in [0.2, 0.25) is 0 Å². The normalized spacial score (nSPS) is 17.2. The van der Waals surface area contributed by atoms with Crippen molar-refractivity contribution in [2.24, 2.45) is 0 Å². The first-order valence-corrected chi connectivity index (χ1v) is 11.5. The highest BCUT2D eigenvalue weighted by molar-refractivity contribution is 7.46. The summed E-state index contributed by atoms with van der Waals surface area (Å²) in [7, 11) is -4.87. The van der Waals surface area contributed by atoms with Gasteiger partial charge in [0.25, 0.3) is 0 Å². The van der Waals surface area contributed by atoms with Gasteiger partial charge >= 0.3 is 13.8 Å². The molecule has 0 amide bonds. The van der Waals surface area contributed by atoms with Gasteiger partial charge in [0.1, 0.15) is 29.1 Å². The molecule has 1 aliphatic rings. The maximum atomic E-state index is 12.9. The number of aromatic hydroxyl groups is 5. The summed E-state index contributed by atoms with van der Waals surface area (Å²) < 4.78 is 27.0. The zero-order valence-corrected chi connectivity index (χ0v) is 18.5. The highest BCUT2D eigenvalue weighted by atomic mass is 31.2. The Morgan fingerprint density at radius 3 is 2.29 bits per heavy atom. The van der Waals surface area contributed by atoms with E-state index in [-0.39, 0.29) is 46.1 Å². The number of rotatable bonds is 5. The van der Waals surface area contributed by atoms with E-state index >= 15 is 0 Å². The van der Waals surface area contributed by atoms with Crippen LogP contribution in [0.15, 0.2) is 48.5 Å². The first-order valence-electron chi connectivity index (χ1n) is 9.94. The number of carbonyl (C=O) groups is 1. The number of phosphoric ester groups is 1. The van der Waals surface area contributed by atoms with Gasteiger partial charge in [-0.25, -0.2) is 9.36 Å². The molecule has 184 valence electrons. The predicted molar refractivity (Wildman–Crippen MR) is 117 cm³/mol. The lowest BCUT2D eigenvalue weighted by molar-refractivity contribution is -0.0189. The number of esters is 1. The summed E-state index contributed by atoms with van der Waals surface area (Å²) >= 11 is 0. The van der Waals surface area contributed by atoms with Crippen molar-refractivity contribution in [2.45, 2.75) is 18.6 Å². The molecular formula is C22H19O12P. The summed E-state index contributed by atoms with van der Waals surface area (Å²) in [5, 5.41) is 49.6. The molecule has 13 heteroatoms. The molecule has 35 heavy (non-hydrogen) atoms. The minimum atomic E-state index is -4.87. The summed E-state index contributed by atoms with van der Waals surface area (Å²) in [6.45, 7) is 0. The Labute approximate surface area is 197 Å². The van der Waals surface area contributed by atoms with Crippen molar-refractivity contribution in [3.63, 3.8) is 0 Å². The van der Waals surface area contributed by atoms with Crippen molar-refractivity contribution in [2.75, 3.05) is 0 Å². The first kappa shape index (κ1) is 24.0. The molecule has 0 fully saturated rings. The fourth-order valence-corrected chi connectivity index (χ4v) is 4.03. The van der Waals surface area contributed by atoms with Crippen LogP contribution in [0.2, 0.25) is 0 Å². The van der Waals surface area contributed by atoms with Crippen molar-refractivity contribution in [3.05, 3.63) is 65.2 Å². The molecular weight excluding hydrogens is 487 g/mol. The van der Waals surface area contributed by atoms with Crippen LogP contribution in [0.4, 0.5) is 0 Å². The summed E-state index contributed by atoms with van der Waals surface area (Å²) in [4.78, 5) is 30.8. The number of carbonyl (C=O) groups excluding carboxylic acids is 1. The van der Waals surface area contributed by atoms with E-state index in [0.717, 1.165) is 24.3 Å². The zero-order valence-electron chi connectivity index (χ0n) is 17.6. The number of phenolic OH excluding ortho intramolecular Hbond substituents is 5. The minimum absolute atomic E-state index is 0.0592. The van der Waals surface area contributed by atoms with Crippen molar-refractivity contribution in [1.29, 1.82) is 0 Å². The van der Waals surface area contributed by atoms with E-state index in [1.54, 1.807) is 0 Å². The summed E-state index contributed by atoms with van der Waals surface area (Å²) in [6.07, 6.45) is -2.43. The molecule has 4 rings (SSSR count). The van der Waals surface area contributed by atoms with Gasteiger partial charge in [-0.3, -0.25) is 9.79 Å². The Hall–Kier alpha value is -4.12. The second-order valence-electron chi connectivity index (χ2n) is 7.65. The average molecular weight is 506 g/mol. The van der Waals surface area contributed by atoms with Crippen LogP contribution in [-0.2, 0) is 15.7 Å². The van der Waals surface area contributed by atoms with Gasteiger partial charge in [0.15, 0.2) is 23.4 Å². The third kappa shape index (κ3) is 5.19. The third-order valence-electron chi connectivity index (χ3n) is 5.14. The first-order chi connectivity index (χ1) is 16.4. The molecule has 3 aromatic rings. The van der Waals surface area contributed by atoms with E-state index in [9.17, 15) is 34.9 Å². The fraction of sp³-hybridized carbons (Fsp3) is 0.136. The van der Waals surface area contributed by atoms with Gasteiger partial charge in [0, 0.05) is 29.7 Å². The number of hydrogen-bond donors (Lipinski definition) is 7. The molecule has 0 unspecified atom stereocenters. The van der Waals surface area contributed by atoms with Crippen molar-refractivity contribution in [1.82, 2.24) is 0 Å². The molecule has 0 saturated heterocycles. The number of phenols is 5. The highest BCUT2D eigenvalue weighted by Gasteiger charge is 2.37. The smallest absolute Gasteiger partial charge is 0.508 e. The summed E-state index contributed by atoms with van der Waals surface area (Å²) in [5.41, 5.74) is 0.192. The molecule has 0 spiro atoms. The Balaban J connectivity index is 1.70. The lowest BCUT2D eigenvalue weighted by atomic mass is 9.93. The van der Waals surface area contributed by atoms with Crippen LogP contribution < -0.4 is 9.26 Å². The molecule has 7 N–H and O–H groups in total. The zero-order chi connectivity index (χ0) is 25.5. The quantitative estimate of drug-likeness (QED) is 0.152. The molecule has 2 atom stereocenters. The van der Waals surface area contributed by atoms with Crippen molar-refractivity contribution in [3.8, 4) is 40.2 Å². The van der Waals surface area contributed by atoms with Crippen LogP contribution in [0.25, 0.3) is 0 Å². The molecule has 0 radical (unpaired) electrons. The number of ether oxygens (including phenoxy) is 2. The molecule has 0 aromatic heterocycles. The topological polar surface area (TPSA) is 203 Å². The van der Waals surface area contributed by atoms with Crippen LogP contribution in [-0.4, -0.2) is 47.4 Å². The van der Waals surface area contributed by atoms with E-state index < -0.39 is 43.2 Å². The Kier molecular flexibility index (Phi) is 6.12. The van der Waals surface area contributed by atoms with Crippen molar-refractivity contribution < 1.29 is 58.7 Å². The Bertz CT molecular complexity index is 1330. The van der Waals surface area contributed by atoms with Gasteiger partial charge in [0.05, 0.1) is 5.56 Å². The molecule has 1 aliphatic heterocycles. The molecule has 0 bridgehead atoms. The van der Waals surface area contributed by atoms with E-state index in [1.165, 1.54) is 24.3 Å². The maximum Gasteiger partial charge on any atom is 0.524 e. The molecule has 0 aliphatic carbocycles. The summed E-state index contributed by atoms with van der Waals surface area (Å²) in [5.74, 6) is -3.88. The number of fused-ring (bicyclic) bond motifs is 1. The lowest BCUT2D eigenvalue weighted by Crippen LogP contribution is -2.34. The van der Waals surface area contributed by atoms with Crippen LogP contribution in [0.1, 0.15) is 27.6 Å². The fourth-order valence-electron chi connectivity index (χ4n) is 3.65. The lowest BCUT2D eigenvalue weighted by Gasteiger charge is -2.34. The van der Waals surface area contributed by atoms with E-state index in [2.05, 4.69) is 4.52 Å². The van der Waals surface area contributed by atoms with Crippen molar-refractivity contribution >= 4 is 13.8 Å². The van der Waals surface area contributed by atoms with Crippen LogP contribution in [0, 0.1) is 0 Å². The van der Waals surface area contributed by atoms with E-state index in [0.29, 0.717) is 0 Å². The predicted octanol–water partition coefficient (Wildman–Crippen LogP) is 2.59. The van der Waals surface area contributed by atoms with Crippen LogP contribution >= 0.6 is 7.82 Å².